The summed E-state index contributed by atoms with van der Waals surface area (Å²) in [6.07, 6.45) is 5.09. The summed E-state index contributed by atoms with van der Waals surface area (Å²) in [7, 11) is 0. The van der Waals surface area contributed by atoms with Crippen LogP contribution in [0.5, 0.6) is 5.75 Å². The highest BCUT2D eigenvalue weighted by Gasteiger charge is 2.34. The van der Waals surface area contributed by atoms with Crippen LogP contribution in [-0.4, -0.2) is 71.3 Å². The third kappa shape index (κ3) is 6.49. The van der Waals surface area contributed by atoms with Crippen molar-refractivity contribution in [1.82, 2.24) is 14.9 Å². The number of nitrogens with one attached hydrogen (secondary N) is 2. The molecule has 2 aliphatic heterocycles. The van der Waals surface area contributed by atoms with Gasteiger partial charge in [-0.3, -0.25) is 14.5 Å². The van der Waals surface area contributed by atoms with Crippen LogP contribution >= 0.6 is 11.6 Å². The molecule has 0 radical (unpaired) electrons. The highest BCUT2D eigenvalue weighted by molar-refractivity contribution is 6.31. The average Bonchev–Trinajstić information content (AvgIpc) is 3.42. The lowest BCUT2D eigenvalue weighted by atomic mass is 10.0. The second kappa shape index (κ2) is 11.7. The van der Waals surface area contributed by atoms with Gasteiger partial charge in [-0.05, 0) is 38.1 Å². The summed E-state index contributed by atoms with van der Waals surface area (Å²) in [6.45, 7) is 5.84. The molecule has 1 atom stereocenters. The van der Waals surface area contributed by atoms with E-state index in [0.29, 0.717) is 53.6 Å². The molecule has 5 rings (SSSR count). The van der Waals surface area contributed by atoms with E-state index in [9.17, 15) is 14.0 Å². The van der Waals surface area contributed by atoms with Crippen LogP contribution in [0.25, 0.3) is 10.9 Å². The Hall–Kier alpha value is -3.80. The van der Waals surface area contributed by atoms with Crippen LogP contribution in [0.4, 0.5) is 21.6 Å². The molecule has 3 heterocycles. The van der Waals surface area contributed by atoms with Crippen molar-refractivity contribution in [3.05, 3.63) is 59.7 Å². The first-order valence-corrected chi connectivity index (χ1v) is 13.2. The summed E-state index contributed by atoms with van der Waals surface area (Å²) >= 11 is 5.94. The number of benzene rings is 2. The van der Waals surface area contributed by atoms with E-state index in [1.54, 1.807) is 24.3 Å². The van der Waals surface area contributed by atoms with Crippen LogP contribution in [0.3, 0.4) is 0 Å². The van der Waals surface area contributed by atoms with Gasteiger partial charge >= 0.3 is 5.97 Å². The van der Waals surface area contributed by atoms with Crippen LogP contribution in [0.2, 0.25) is 5.02 Å². The quantitative estimate of drug-likeness (QED) is 0.299. The predicted octanol–water partition coefficient (Wildman–Crippen LogP) is 4.47. The van der Waals surface area contributed by atoms with Gasteiger partial charge in [0, 0.05) is 36.2 Å². The largest absolute Gasteiger partial charge is 0.486 e. The van der Waals surface area contributed by atoms with Gasteiger partial charge in [0.05, 0.1) is 41.5 Å². The van der Waals surface area contributed by atoms with E-state index in [4.69, 9.17) is 25.8 Å². The lowest BCUT2D eigenvalue weighted by Gasteiger charge is -2.40. The Bertz CT molecular complexity index is 1460. The molecular formula is C28H29ClFN5O5. The van der Waals surface area contributed by atoms with Crippen molar-refractivity contribution in [3.63, 3.8) is 0 Å². The highest BCUT2D eigenvalue weighted by Crippen LogP contribution is 2.35. The van der Waals surface area contributed by atoms with Crippen LogP contribution in [0, 0.1) is 5.82 Å². The number of hydrogen-bond acceptors (Lipinski definition) is 9. The smallest absolute Gasteiger partial charge is 0.320 e. The number of carbonyl (C=O) groups is 2. The van der Waals surface area contributed by atoms with Crippen LogP contribution < -0.4 is 15.4 Å². The SMILES string of the molecule is CC1(C)COC(=O)CN1C/C=C/C(=O)Nc1cc2c(Nc3ccc(F)c(Cl)c3)ncnc2cc1O[C@@H]1CCOC1. The molecule has 0 unspecified atom stereocenters. The molecule has 2 saturated heterocycles. The standard InChI is InChI=1S/C28H29ClFN5O5/c1-28(2)15-39-26(37)13-35(28)8-3-4-25(36)34-23-11-19-22(12-24(23)40-18-7-9-38-14-18)31-16-32-27(19)33-17-5-6-21(30)20(29)10-17/h3-6,10-12,16,18H,7-9,13-15H2,1-2H3,(H,34,36)(H,31,32,33)/b4-3+/t18-/m1/s1. The van der Waals surface area contributed by atoms with Gasteiger partial charge in [-0.2, -0.15) is 0 Å². The molecule has 2 aliphatic rings. The molecule has 2 N–H and O–H groups in total. The number of aromatic nitrogens is 2. The topological polar surface area (TPSA) is 115 Å². The molecular weight excluding hydrogens is 541 g/mol. The van der Waals surface area contributed by atoms with Crippen molar-refractivity contribution in [3.8, 4) is 5.75 Å². The minimum absolute atomic E-state index is 0.0256. The Morgan fingerprint density at radius 1 is 1.30 bits per heavy atom. The molecule has 0 aliphatic carbocycles. The van der Waals surface area contributed by atoms with Gasteiger partial charge in [0.15, 0.2) is 0 Å². The minimum Gasteiger partial charge on any atom is -0.486 e. The summed E-state index contributed by atoms with van der Waals surface area (Å²) in [6, 6.07) is 7.72. The van der Waals surface area contributed by atoms with Crippen molar-refractivity contribution in [2.75, 3.05) is 43.5 Å². The monoisotopic (exact) mass is 569 g/mol. The van der Waals surface area contributed by atoms with Crippen molar-refractivity contribution in [2.45, 2.75) is 31.9 Å². The number of esters is 1. The zero-order valence-electron chi connectivity index (χ0n) is 22.1. The summed E-state index contributed by atoms with van der Waals surface area (Å²) in [5.41, 5.74) is 1.20. The fourth-order valence-electron chi connectivity index (χ4n) is 4.41. The van der Waals surface area contributed by atoms with E-state index in [2.05, 4.69) is 20.6 Å². The maximum atomic E-state index is 13.6. The lowest BCUT2D eigenvalue weighted by molar-refractivity contribution is -0.159. The molecule has 1 aromatic heterocycles. The number of hydrogen-bond donors (Lipinski definition) is 2. The van der Waals surface area contributed by atoms with Crippen molar-refractivity contribution in [1.29, 1.82) is 0 Å². The first-order chi connectivity index (χ1) is 19.2. The second-order valence-corrected chi connectivity index (χ2v) is 10.6. The summed E-state index contributed by atoms with van der Waals surface area (Å²) in [4.78, 5) is 35.4. The number of morpholine rings is 1. The zero-order chi connectivity index (χ0) is 28.3. The first-order valence-electron chi connectivity index (χ1n) is 12.8. The fraction of sp³-hybridized carbons (Fsp3) is 0.357. The van der Waals surface area contributed by atoms with E-state index >= 15 is 0 Å². The molecule has 0 spiro atoms. The number of halogens is 2. The van der Waals surface area contributed by atoms with Crippen LogP contribution in [0.15, 0.2) is 48.8 Å². The highest BCUT2D eigenvalue weighted by atomic mass is 35.5. The van der Waals surface area contributed by atoms with E-state index in [0.717, 1.165) is 6.42 Å². The Morgan fingerprint density at radius 3 is 2.92 bits per heavy atom. The number of anilines is 3. The summed E-state index contributed by atoms with van der Waals surface area (Å²) < 4.78 is 30.4. The fourth-order valence-corrected chi connectivity index (χ4v) is 4.59. The second-order valence-electron chi connectivity index (χ2n) is 10.2. The van der Waals surface area contributed by atoms with Crippen LogP contribution in [0.1, 0.15) is 20.3 Å². The molecule has 3 aromatic rings. The molecule has 40 heavy (non-hydrogen) atoms. The Balaban J connectivity index is 1.40. The summed E-state index contributed by atoms with van der Waals surface area (Å²) in [5, 5.41) is 6.61. The Morgan fingerprint density at radius 2 is 2.15 bits per heavy atom. The number of nitrogens with zero attached hydrogens (tertiary/aromatic N) is 3. The molecule has 210 valence electrons. The molecule has 2 fully saturated rings. The molecule has 12 heteroatoms. The van der Waals surface area contributed by atoms with Gasteiger partial charge in [-0.15, -0.1) is 0 Å². The first kappa shape index (κ1) is 27.8. The van der Waals surface area contributed by atoms with E-state index in [1.807, 2.05) is 18.7 Å². The number of amides is 1. The van der Waals surface area contributed by atoms with E-state index in [1.165, 1.54) is 24.5 Å². The number of ether oxygens (including phenoxy) is 3. The van der Waals surface area contributed by atoms with Gasteiger partial charge < -0.3 is 24.8 Å². The Labute approximate surface area is 235 Å². The number of fused-ring (bicyclic) bond motifs is 1. The van der Waals surface area contributed by atoms with Gasteiger partial charge in [-0.25, -0.2) is 14.4 Å². The van der Waals surface area contributed by atoms with Gasteiger partial charge in [0.1, 0.15) is 36.4 Å². The van der Waals surface area contributed by atoms with Crippen molar-refractivity contribution in [2.24, 2.45) is 0 Å². The lowest BCUT2D eigenvalue weighted by Crippen LogP contribution is -2.54. The summed E-state index contributed by atoms with van der Waals surface area (Å²) in [5.74, 6) is -0.311. The third-order valence-corrected chi connectivity index (χ3v) is 7.01. The van der Waals surface area contributed by atoms with Crippen LogP contribution in [-0.2, 0) is 19.1 Å². The molecule has 10 nitrogen and oxygen atoms in total. The molecule has 0 saturated carbocycles. The average molecular weight is 570 g/mol. The van der Waals surface area contributed by atoms with Gasteiger partial charge in [0.2, 0.25) is 5.91 Å². The number of rotatable bonds is 8. The van der Waals surface area contributed by atoms with Crippen molar-refractivity contribution < 1.29 is 28.2 Å². The minimum atomic E-state index is -0.528. The number of carbonyl (C=O) groups excluding carboxylic acids is 2. The maximum absolute atomic E-state index is 13.6. The van der Waals surface area contributed by atoms with Gasteiger partial charge in [-0.1, -0.05) is 17.7 Å². The number of cyclic esters (lactones) is 1. The van der Waals surface area contributed by atoms with E-state index < -0.39 is 5.82 Å². The predicted molar refractivity (Wildman–Crippen MR) is 148 cm³/mol. The third-order valence-electron chi connectivity index (χ3n) is 6.72. The normalized spacial score (nSPS) is 19.1. The van der Waals surface area contributed by atoms with Crippen molar-refractivity contribution >= 4 is 51.6 Å². The molecule has 2 aromatic carbocycles. The zero-order valence-corrected chi connectivity index (χ0v) is 22.8. The van der Waals surface area contributed by atoms with E-state index in [-0.39, 0.29) is 41.7 Å². The molecule has 0 bridgehead atoms. The molecule has 1 amide bonds. The Kier molecular flexibility index (Phi) is 8.15. The maximum Gasteiger partial charge on any atom is 0.320 e. The van der Waals surface area contributed by atoms with Gasteiger partial charge in [0.25, 0.3) is 0 Å².